The molecule has 0 aliphatic carbocycles. The molecule has 134 valence electrons. The first-order valence-corrected chi connectivity index (χ1v) is 10.3. The highest BCUT2D eigenvalue weighted by atomic mass is 32.2. The summed E-state index contributed by atoms with van der Waals surface area (Å²) >= 11 is 0. The molecule has 2 aliphatic heterocycles. The van der Waals surface area contributed by atoms with Crippen molar-refractivity contribution in [2.24, 2.45) is 0 Å². The van der Waals surface area contributed by atoms with Crippen molar-refractivity contribution in [2.75, 3.05) is 31.6 Å². The summed E-state index contributed by atoms with van der Waals surface area (Å²) in [6.45, 7) is 6.03. The van der Waals surface area contributed by atoms with E-state index in [0.29, 0.717) is 19.5 Å². The van der Waals surface area contributed by atoms with E-state index in [1.807, 2.05) is 31.6 Å². The van der Waals surface area contributed by atoms with Crippen LogP contribution in [0.5, 0.6) is 0 Å². The molecule has 1 amide bonds. The summed E-state index contributed by atoms with van der Waals surface area (Å²) in [5.41, 5.74) is 2.08. The summed E-state index contributed by atoms with van der Waals surface area (Å²) in [5, 5.41) is 4.41. The third kappa shape index (κ3) is 3.49. The Labute approximate surface area is 143 Å². The second kappa shape index (κ2) is 6.48. The summed E-state index contributed by atoms with van der Waals surface area (Å²) in [7, 11) is -1.10. The van der Waals surface area contributed by atoms with Gasteiger partial charge in [0.15, 0.2) is 9.84 Å². The lowest BCUT2D eigenvalue weighted by Gasteiger charge is -2.42. The number of carbonyl (C=O) groups excluding carboxylic acids is 1. The van der Waals surface area contributed by atoms with Gasteiger partial charge in [-0.15, -0.1) is 0 Å². The fourth-order valence-corrected chi connectivity index (χ4v) is 5.92. The van der Waals surface area contributed by atoms with E-state index in [1.54, 1.807) is 4.90 Å². The molecule has 2 unspecified atom stereocenters. The van der Waals surface area contributed by atoms with Crippen molar-refractivity contribution in [3.05, 3.63) is 17.5 Å². The van der Waals surface area contributed by atoms with E-state index in [4.69, 9.17) is 0 Å². The Morgan fingerprint density at radius 1 is 1.25 bits per heavy atom. The first-order valence-electron chi connectivity index (χ1n) is 8.48. The molecule has 2 saturated heterocycles. The maximum atomic E-state index is 12.6. The van der Waals surface area contributed by atoms with Crippen molar-refractivity contribution < 1.29 is 13.2 Å². The lowest BCUT2D eigenvalue weighted by molar-refractivity contribution is -0.136. The highest BCUT2D eigenvalue weighted by Crippen LogP contribution is 2.26. The molecule has 2 aliphatic rings. The Morgan fingerprint density at radius 2 is 1.96 bits per heavy atom. The van der Waals surface area contributed by atoms with E-state index in [9.17, 15) is 13.2 Å². The number of carbonyl (C=O) groups is 1. The fraction of sp³-hybridized carbons (Fsp3) is 0.750. The molecule has 0 spiro atoms. The molecule has 24 heavy (non-hydrogen) atoms. The number of fused-ring (bicyclic) bond motifs is 1. The van der Waals surface area contributed by atoms with Crippen LogP contribution in [0.2, 0.25) is 0 Å². The molecular weight excluding hydrogens is 328 g/mol. The third-order valence-electron chi connectivity index (χ3n) is 5.14. The zero-order valence-electron chi connectivity index (χ0n) is 14.6. The Balaban J connectivity index is 1.59. The minimum atomic E-state index is -3.04. The van der Waals surface area contributed by atoms with Crippen molar-refractivity contribution in [3.8, 4) is 0 Å². The van der Waals surface area contributed by atoms with Gasteiger partial charge in [0.2, 0.25) is 5.91 Å². The Morgan fingerprint density at radius 3 is 2.62 bits per heavy atom. The number of likely N-dealkylation sites (N-methyl/N-ethyl adjacent to an activating group) is 1. The number of piperazine rings is 1. The monoisotopic (exact) mass is 354 g/mol. The summed E-state index contributed by atoms with van der Waals surface area (Å²) < 4.78 is 25.9. The van der Waals surface area contributed by atoms with Crippen LogP contribution in [0.4, 0.5) is 0 Å². The normalized spacial score (nSPS) is 26.5. The van der Waals surface area contributed by atoms with Gasteiger partial charge in [0.25, 0.3) is 0 Å². The molecule has 3 heterocycles. The fourth-order valence-electron chi connectivity index (χ4n) is 3.86. The summed E-state index contributed by atoms with van der Waals surface area (Å²) in [4.78, 5) is 16.5. The zero-order chi connectivity index (χ0) is 17.5. The lowest BCUT2D eigenvalue weighted by atomic mass is 10.0. The molecule has 2 fully saturated rings. The predicted octanol–water partition coefficient (Wildman–Crippen LogP) is 0.220. The number of aryl methyl sites for hydroxylation is 3. The van der Waals surface area contributed by atoms with Crippen LogP contribution < -0.4 is 0 Å². The molecule has 1 aromatic heterocycles. The quantitative estimate of drug-likeness (QED) is 0.773. The van der Waals surface area contributed by atoms with Gasteiger partial charge in [-0.2, -0.15) is 5.10 Å². The van der Waals surface area contributed by atoms with Crippen LogP contribution in [-0.2, 0) is 21.2 Å². The third-order valence-corrected chi connectivity index (χ3v) is 6.84. The first kappa shape index (κ1) is 17.4. The van der Waals surface area contributed by atoms with E-state index in [0.717, 1.165) is 24.4 Å². The number of hydrogen-bond donors (Lipinski definition) is 0. The largest absolute Gasteiger partial charge is 0.336 e. The Hall–Kier alpha value is -1.41. The number of nitrogens with zero attached hydrogens (tertiary/aromatic N) is 4. The Bertz CT molecular complexity index is 728. The molecule has 7 nitrogen and oxygen atoms in total. The second-order valence-electron chi connectivity index (χ2n) is 7.03. The van der Waals surface area contributed by atoms with Crippen LogP contribution in [-0.4, -0.2) is 77.6 Å². The van der Waals surface area contributed by atoms with Gasteiger partial charge in [-0.1, -0.05) is 0 Å². The van der Waals surface area contributed by atoms with Crippen LogP contribution in [0.15, 0.2) is 6.07 Å². The van der Waals surface area contributed by atoms with Gasteiger partial charge in [0.1, 0.15) is 0 Å². The first-order chi connectivity index (χ1) is 11.3. The number of amides is 1. The maximum absolute atomic E-state index is 12.6. The average Bonchev–Trinajstić information content (AvgIpc) is 2.98. The minimum absolute atomic E-state index is 0.0521. The van der Waals surface area contributed by atoms with Crippen molar-refractivity contribution in [2.45, 2.75) is 45.3 Å². The van der Waals surface area contributed by atoms with Crippen LogP contribution in [0.25, 0.3) is 0 Å². The van der Waals surface area contributed by atoms with Crippen LogP contribution in [0.1, 0.15) is 24.2 Å². The highest BCUT2D eigenvalue weighted by Gasteiger charge is 2.46. The van der Waals surface area contributed by atoms with Gasteiger partial charge in [-0.25, -0.2) is 8.42 Å². The molecule has 2 atom stereocenters. The van der Waals surface area contributed by atoms with E-state index in [-0.39, 0.29) is 29.5 Å². The van der Waals surface area contributed by atoms with Crippen molar-refractivity contribution in [1.29, 1.82) is 0 Å². The predicted molar refractivity (Wildman–Crippen MR) is 91.5 cm³/mol. The summed E-state index contributed by atoms with van der Waals surface area (Å²) in [6, 6.07) is 1.79. The molecule has 0 radical (unpaired) electrons. The Kier molecular flexibility index (Phi) is 4.70. The molecule has 0 bridgehead atoms. The van der Waals surface area contributed by atoms with Gasteiger partial charge < -0.3 is 4.90 Å². The van der Waals surface area contributed by atoms with Gasteiger partial charge in [0.05, 0.1) is 23.2 Å². The van der Waals surface area contributed by atoms with Gasteiger partial charge in [-0.3, -0.25) is 14.4 Å². The zero-order valence-corrected chi connectivity index (χ0v) is 15.4. The number of sulfone groups is 1. The standard InChI is InChI=1S/C16H26N4O3S/c1-12-9-13(2)20(17-12)6-4-5-16(21)19-8-7-18(3)14-10-24(22,23)11-15(14)19/h9,14-15H,4-8,10-11H2,1-3H3. The molecule has 1 aromatic rings. The van der Waals surface area contributed by atoms with E-state index in [1.165, 1.54) is 0 Å². The number of rotatable bonds is 4. The molecule has 3 rings (SSSR count). The summed E-state index contributed by atoms with van der Waals surface area (Å²) in [6.07, 6.45) is 1.16. The van der Waals surface area contributed by atoms with Crippen molar-refractivity contribution in [1.82, 2.24) is 19.6 Å². The van der Waals surface area contributed by atoms with Gasteiger partial charge in [-0.05, 0) is 33.4 Å². The van der Waals surface area contributed by atoms with E-state index >= 15 is 0 Å². The van der Waals surface area contributed by atoms with E-state index in [2.05, 4.69) is 10.00 Å². The molecule has 0 saturated carbocycles. The second-order valence-corrected chi connectivity index (χ2v) is 9.19. The smallest absolute Gasteiger partial charge is 0.223 e. The van der Waals surface area contributed by atoms with Crippen LogP contribution in [0, 0.1) is 13.8 Å². The lowest BCUT2D eigenvalue weighted by Crippen LogP contribution is -2.59. The van der Waals surface area contributed by atoms with E-state index < -0.39 is 9.84 Å². The van der Waals surface area contributed by atoms with Crippen LogP contribution >= 0.6 is 0 Å². The summed E-state index contributed by atoms with van der Waals surface area (Å²) in [5.74, 6) is 0.339. The molecule has 0 aromatic carbocycles. The van der Waals surface area contributed by atoms with Crippen molar-refractivity contribution in [3.63, 3.8) is 0 Å². The molecular formula is C16H26N4O3S. The number of hydrogen-bond acceptors (Lipinski definition) is 5. The topological polar surface area (TPSA) is 75.5 Å². The highest BCUT2D eigenvalue weighted by molar-refractivity contribution is 7.91. The SMILES string of the molecule is Cc1cc(C)n(CCCC(=O)N2CCN(C)C3CS(=O)(=O)CC32)n1. The molecule has 0 N–H and O–H groups in total. The van der Waals surface area contributed by atoms with Crippen LogP contribution in [0.3, 0.4) is 0 Å². The van der Waals surface area contributed by atoms with Crippen molar-refractivity contribution >= 4 is 15.7 Å². The van der Waals surface area contributed by atoms with Gasteiger partial charge >= 0.3 is 0 Å². The minimum Gasteiger partial charge on any atom is -0.336 e. The van der Waals surface area contributed by atoms with Gasteiger partial charge in [0, 0.05) is 37.8 Å². The molecule has 8 heteroatoms. The average molecular weight is 354 g/mol. The maximum Gasteiger partial charge on any atom is 0.223 e. The number of aromatic nitrogens is 2.